The molecular formula is C12H13BrClNO3S. The monoisotopic (exact) mass is 365 g/mol. The average molecular weight is 367 g/mol. The summed E-state index contributed by atoms with van der Waals surface area (Å²) in [5.41, 5.74) is 0. The van der Waals surface area contributed by atoms with E-state index in [4.69, 9.17) is 11.6 Å². The molecule has 1 saturated heterocycles. The van der Waals surface area contributed by atoms with Crippen molar-refractivity contribution >= 4 is 50.7 Å². The first-order valence-electron chi connectivity index (χ1n) is 5.92. The summed E-state index contributed by atoms with van der Waals surface area (Å²) in [4.78, 5) is 25.8. The van der Waals surface area contributed by atoms with Crippen LogP contribution in [0.3, 0.4) is 0 Å². The number of hydrogen-bond donors (Lipinski definition) is 1. The summed E-state index contributed by atoms with van der Waals surface area (Å²) in [6.07, 6.45) is 0.671. The van der Waals surface area contributed by atoms with Gasteiger partial charge in [-0.1, -0.05) is 11.6 Å². The number of piperidine rings is 1. The number of halogens is 2. The van der Waals surface area contributed by atoms with Crippen molar-refractivity contribution in [3.05, 3.63) is 19.8 Å². The predicted octanol–water partition coefficient (Wildman–Crippen LogP) is 3.55. The summed E-state index contributed by atoms with van der Waals surface area (Å²) in [6.45, 7) is 2.36. The summed E-state index contributed by atoms with van der Waals surface area (Å²) in [5, 5.41) is 9.37. The Balaban J connectivity index is 2.43. The van der Waals surface area contributed by atoms with E-state index in [0.717, 1.165) is 9.35 Å². The van der Waals surface area contributed by atoms with Crippen molar-refractivity contribution in [3.8, 4) is 0 Å². The number of carbonyl (C=O) groups is 2. The second-order valence-corrected chi connectivity index (χ2v) is 6.92. The maximum Gasteiger partial charge on any atom is 0.308 e. The summed E-state index contributed by atoms with van der Waals surface area (Å²) >= 11 is 10.7. The minimum Gasteiger partial charge on any atom is -0.481 e. The Morgan fingerprint density at radius 3 is 2.84 bits per heavy atom. The molecule has 1 aliphatic rings. The zero-order valence-corrected chi connectivity index (χ0v) is 13.4. The third kappa shape index (κ3) is 2.80. The maximum atomic E-state index is 12.0. The molecule has 1 amide bonds. The van der Waals surface area contributed by atoms with Gasteiger partial charge in [0.05, 0.1) is 12.0 Å². The van der Waals surface area contributed by atoms with Crippen LogP contribution in [0.5, 0.6) is 0 Å². The molecule has 0 saturated carbocycles. The Morgan fingerprint density at radius 1 is 1.68 bits per heavy atom. The van der Waals surface area contributed by atoms with Gasteiger partial charge in [-0.15, -0.1) is 11.3 Å². The van der Waals surface area contributed by atoms with E-state index in [0.29, 0.717) is 23.7 Å². The molecule has 1 aromatic rings. The van der Waals surface area contributed by atoms with Gasteiger partial charge in [0, 0.05) is 22.3 Å². The van der Waals surface area contributed by atoms with E-state index in [2.05, 4.69) is 15.9 Å². The number of likely N-dealkylation sites (tertiary alicyclic amines) is 1. The number of carboxylic acid groups (broad SMARTS) is 1. The average Bonchev–Trinajstić information content (AvgIpc) is 2.68. The molecule has 4 nitrogen and oxygen atoms in total. The van der Waals surface area contributed by atoms with Crippen LogP contribution in [-0.2, 0) is 9.59 Å². The number of hydrogen-bond acceptors (Lipinski definition) is 3. The molecular weight excluding hydrogens is 354 g/mol. The number of rotatable bonds is 3. The van der Waals surface area contributed by atoms with Gasteiger partial charge < -0.3 is 10.0 Å². The quantitative estimate of drug-likeness (QED) is 0.890. The van der Waals surface area contributed by atoms with E-state index in [9.17, 15) is 14.7 Å². The highest BCUT2D eigenvalue weighted by Crippen LogP contribution is 2.43. The molecule has 2 rings (SSSR count). The molecule has 2 unspecified atom stereocenters. The first kappa shape index (κ1) is 14.8. The van der Waals surface area contributed by atoms with Gasteiger partial charge in [-0.25, -0.2) is 0 Å². The zero-order chi connectivity index (χ0) is 14.2. The van der Waals surface area contributed by atoms with Crippen LogP contribution in [0.2, 0.25) is 4.34 Å². The van der Waals surface area contributed by atoms with E-state index in [1.54, 1.807) is 4.90 Å². The lowest BCUT2D eigenvalue weighted by atomic mass is 9.88. The van der Waals surface area contributed by atoms with Gasteiger partial charge in [0.2, 0.25) is 5.91 Å². The Bertz CT molecular complexity index is 498. The van der Waals surface area contributed by atoms with Gasteiger partial charge in [-0.2, -0.15) is 0 Å². The topological polar surface area (TPSA) is 57.6 Å². The Kier molecular flexibility index (Phi) is 4.53. The van der Waals surface area contributed by atoms with Crippen LogP contribution in [0.25, 0.3) is 0 Å². The van der Waals surface area contributed by atoms with Crippen molar-refractivity contribution in [2.75, 3.05) is 6.54 Å². The van der Waals surface area contributed by atoms with E-state index < -0.39 is 17.9 Å². The fourth-order valence-electron chi connectivity index (χ4n) is 2.45. The molecule has 2 heterocycles. The van der Waals surface area contributed by atoms with Crippen LogP contribution in [0.15, 0.2) is 10.5 Å². The van der Waals surface area contributed by atoms with E-state index >= 15 is 0 Å². The molecule has 2 atom stereocenters. The van der Waals surface area contributed by atoms with Crippen LogP contribution < -0.4 is 0 Å². The first-order valence-corrected chi connectivity index (χ1v) is 7.91. The van der Waals surface area contributed by atoms with Crippen molar-refractivity contribution < 1.29 is 14.7 Å². The smallest absolute Gasteiger partial charge is 0.308 e. The molecule has 1 N–H and O–H groups in total. The van der Waals surface area contributed by atoms with Crippen LogP contribution in [0.1, 0.15) is 30.7 Å². The summed E-state index contributed by atoms with van der Waals surface area (Å²) < 4.78 is 1.32. The third-order valence-corrected chi connectivity index (χ3v) is 5.87. The molecule has 1 fully saturated rings. The molecule has 0 aromatic carbocycles. The molecule has 0 radical (unpaired) electrons. The first-order chi connectivity index (χ1) is 8.95. The van der Waals surface area contributed by atoms with Crippen LogP contribution in [0.4, 0.5) is 0 Å². The van der Waals surface area contributed by atoms with Gasteiger partial charge in [0.15, 0.2) is 0 Å². The molecule has 19 heavy (non-hydrogen) atoms. The largest absolute Gasteiger partial charge is 0.481 e. The van der Waals surface area contributed by atoms with Gasteiger partial charge in [0.25, 0.3) is 0 Å². The third-order valence-electron chi connectivity index (χ3n) is 3.32. The lowest BCUT2D eigenvalue weighted by Gasteiger charge is -2.38. The number of carbonyl (C=O) groups excluding carboxylic acids is 1. The number of nitrogens with zero attached hydrogens (tertiary/aromatic N) is 1. The second kappa shape index (κ2) is 5.81. The molecule has 0 aliphatic carbocycles. The van der Waals surface area contributed by atoms with Crippen LogP contribution in [-0.4, -0.2) is 28.4 Å². The standard InChI is InChI=1S/C12H13BrClNO3S/c1-2-15-9(16)4-3-6(12(17)18)10(15)8-5-7(13)11(14)19-8/h5-6,10H,2-4H2,1H3,(H,17,18). The SMILES string of the molecule is CCN1C(=O)CCC(C(=O)O)C1c1cc(Br)c(Cl)s1. The molecule has 0 spiro atoms. The van der Waals surface area contributed by atoms with Crippen molar-refractivity contribution in [1.29, 1.82) is 0 Å². The van der Waals surface area contributed by atoms with Gasteiger partial charge >= 0.3 is 5.97 Å². The summed E-state index contributed by atoms with van der Waals surface area (Å²) in [6, 6.07) is 1.40. The fraction of sp³-hybridized carbons (Fsp3) is 0.500. The summed E-state index contributed by atoms with van der Waals surface area (Å²) in [5.74, 6) is -1.43. The number of amides is 1. The highest BCUT2D eigenvalue weighted by atomic mass is 79.9. The lowest BCUT2D eigenvalue weighted by Crippen LogP contribution is -2.44. The molecule has 7 heteroatoms. The van der Waals surface area contributed by atoms with Gasteiger partial charge in [-0.3, -0.25) is 9.59 Å². The second-order valence-electron chi connectivity index (χ2n) is 4.38. The van der Waals surface area contributed by atoms with E-state index in [1.165, 1.54) is 11.3 Å². The van der Waals surface area contributed by atoms with Gasteiger partial charge in [-0.05, 0) is 35.3 Å². The van der Waals surface area contributed by atoms with Crippen molar-refractivity contribution in [1.82, 2.24) is 4.90 Å². The van der Waals surface area contributed by atoms with Crippen molar-refractivity contribution in [2.45, 2.75) is 25.8 Å². The highest BCUT2D eigenvalue weighted by molar-refractivity contribution is 9.10. The Labute approximate surface area is 128 Å². The van der Waals surface area contributed by atoms with Crippen molar-refractivity contribution in [2.24, 2.45) is 5.92 Å². The number of carboxylic acids is 1. The molecule has 1 aliphatic heterocycles. The Morgan fingerprint density at radius 2 is 2.37 bits per heavy atom. The lowest BCUT2D eigenvalue weighted by molar-refractivity contribution is -0.151. The Hall–Kier alpha value is -0.590. The predicted molar refractivity (Wildman–Crippen MR) is 77.5 cm³/mol. The normalized spacial score (nSPS) is 23.7. The summed E-state index contributed by atoms with van der Waals surface area (Å²) in [7, 11) is 0. The molecule has 104 valence electrons. The number of aliphatic carboxylic acids is 1. The zero-order valence-electron chi connectivity index (χ0n) is 10.2. The highest BCUT2D eigenvalue weighted by Gasteiger charge is 2.41. The van der Waals surface area contributed by atoms with Crippen LogP contribution in [0, 0.1) is 5.92 Å². The maximum absolute atomic E-state index is 12.0. The van der Waals surface area contributed by atoms with E-state index in [1.807, 2.05) is 13.0 Å². The molecule has 1 aromatic heterocycles. The molecule has 0 bridgehead atoms. The minimum atomic E-state index is -0.864. The fourth-order valence-corrected chi connectivity index (χ4v) is 4.36. The van der Waals surface area contributed by atoms with Crippen LogP contribution >= 0.6 is 38.9 Å². The minimum absolute atomic E-state index is 0.00523. The number of thiophene rings is 1. The van der Waals surface area contributed by atoms with Gasteiger partial charge in [0.1, 0.15) is 4.34 Å². The van der Waals surface area contributed by atoms with E-state index in [-0.39, 0.29) is 5.91 Å². The van der Waals surface area contributed by atoms with Crippen molar-refractivity contribution in [3.63, 3.8) is 0 Å².